The zero-order valence-electron chi connectivity index (χ0n) is 12.2. The van der Waals surface area contributed by atoms with Crippen molar-refractivity contribution >= 4 is 16.6 Å². The van der Waals surface area contributed by atoms with E-state index in [0.717, 1.165) is 34.7 Å². The summed E-state index contributed by atoms with van der Waals surface area (Å²) in [5, 5.41) is 1.15. The fourth-order valence-electron chi connectivity index (χ4n) is 2.53. The van der Waals surface area contributed by atoms with Crippen LogP contribution in [0.15, 0.2) is 48.7 Å². The Morgan fingerprint density at radius 3 is 2.52 bits per heavy atom. The molecule has 0 atom stereocenters. The molecule has 2 aromatic carbocycles. The lowest BCUT2D eigenvalue weighted by atomic mass is 10.2. The highest BCUT2D eigenvalue weighted by molar-refractivity contribution is 5.83. The van der Waals surface area contributed by atoms with E-state index in [4.69, 9.17) is 15.2 Å². The highest BCUT2D eigenvalue weighted by Crippen LogP contribution is 2.28. The maximum atomic E-state index is 5.82. The monoisotopic (exact) mass is 282 g/mol. The van der Waals surface area contributed by atoms with Crippen LogP contribution in [-0.4, -0.2) is 18.8 Å². The van der Waals surface area contributed by atoms with Gasteiger partial charge < -0.3 is 19.8 Å². The lowest BCUT2D eigenvalue weighted by Gasteiger charge is -2.11. The van der Waals surface area contributed by atoms with Gasteiger partial charge in [-0.2, -0.15) is 0 Å². The minimum absolute atomic E-state index is 0.742. The molecule has 3 rings (SSSR count). The molecule has 0 saturated heterocycles. The highest BCUT2D eigenvalue weighted by atomic mass is 16.5. The van der Waals surface area contributed by atoms with Crippen LogP contribution < -0.4 is 15.2 Å². The molecular formula is C17H18N2O2. The number of nitrogen functional groups attached to an aromatic ring is 1. The molecule has 0 bridgehead atoms. The molecule has 0 spiro atoms. The van der Waals surface area contributed by atoms with E-state index >= 15 is 0 Å². The third kappa shape index (κ3) is 2.52. The van der Waals surface area contributed by atoms with E-state index in [1.165, 1.54) is 5.52 Å². The Balaban J connectivity index is 1.95. The van der Waals surface area contributed by atoms with E-state index in [1.54, 1.807) is 14.2 Å². The Kier molecular flexibility index (Phi) is 3.44. The Morgan fingerprint density at radius 2 is 1.76 bits per heavy atom. The second kappa shape index (κ2) is 5.40. The molecule has 4 nitrogen and oxygen atoms in total. The molecule has 1 aromatic heterocycles. The summed E-state index contributed by atoms with van der Waals surface area (Å²) in [6.07, 6.45) is 2.07. The molecule has 1 heterocycles. The predicted octanol–water partition coefficient (Wildman–Crippen LogP) is 3.29. The van der Waals surface area contributed by atoms with Crippen molar-refractivity contribution in [1.29, 1.82) is 0 Å². The molecule has 108 valence electrons. The van der Waals surface area contributed by atoms with Crippen LogP contribution in [0.4, 0.5) is 5.69 Å². The van der Waals surface area contributed by atoms with E-state index in [1.807, 2.05) is 36.4 Å². The molecule has 3 aromatic rings. The van der Waals surface area contributed by atoms with E-state index in [-0.39, 0.29) is 0 Å². The molecule has 0 aliphatic carbocycles. The number of fused-ring (bicyclic) bond motifs is 1. The average molecular weight is 282 g/mol. The summed E-state index contributed by atoms with van der Waals surface area (Å²) >= 11 is 0. The van der Waals surface area contributed by atoms with Gasteiger partial charge >= 0.3 is 0 Å². The molecule has 4 heteroatoms. The Hall–Kier alpha value is -2.62. The Labute approximate surface area is 123 Å². The molecular weight excluding hydrogens is 264 g/mol. The van der Waals surface area contributed by atoms with Crippen molar-refractivity contribution in [2.45, 2.75) is 6.54 Å². The van der Waals surface area contributed by atoms with E-state index in [0.29, 0.717) is 0 Å². The number of hydrogen-bond acceptors (Lipinski definition) is 3. The summed E-state index contributed by atoms with van der Waals surface area (Å²) in [5.41, 5.74) is 8.92. The van der Waals surface area contributed by atoms with Crippen LogP contribution in [0.25, 0.3) is 10.9 Å². The SMILES string of the molecule is COc1ccc(Cn2ccc3cc(N)ccc32)cc1OC. The van der Waals surface area contributed by atoms with Crippen LogP contribution in [0.2, 0.25) is 0 Å². The molecule has 0 radical (unpaired) electrons. The lowest BCUT2D eigenvalue weighted by Crippen LogP contribution is -1.99. The first kappa shape index (κ1) is 13.4. The van der Waals surface area contributed by atoms with Crippen molar-refractivity contribution in [3.8, 4) is 11.5 Å². The fraction of sp³-hybridized carbons (Fsp3) is 0.176. The van der Waals surface area contributed by atoms with Gasteiger partial charge in [0.1, 0.15) is 0 Å². The van der Waals surface area contributed by atoms with Gasteiger partial charge in [-0.15, -0.1) is 0 Å². The normalized spacial score (nSPS) is 10.8. The van der Waals surface area contributed by atoms with Crippen LogP contribution >= 0.6 is 0 Å². The van der Waals surface area contributed by atoms with E-state index in [9.17, 15) is 0 Å². The number of ether oxygens (including phenoxy) is 2. The van der Waals surface area contributed by atoms with Crippen molar-refractivity contribution in [2.75, 3.05) is 20.0 Å². The maximum Gasteiger partial charge on any atom is 0.161 e. The summed E-state index contributed by atoms with van der Waals surface area (Å²) in [4.78, 5) is 0. The van der Waals surface area contributed by atoms with Gasteiger partial charge in [0.2, 0.25) is 0 Å². The summed E-state index contributed by atoms with van der Waals surface area (Å²) in [6.45, 7) is 0.772. The van der Waals surface area contributed by atoms with Gasteiger partial charge in [-0.1, -0.05) is 6.07 Å². The predicted molar refractivity (Wildman–Crippen MR) is 85.0 cm³/mol. The van der Waals surface area contributed by atoms with Gasteiger partial charge in [0.25, 0.3) is 0 Å². The van der Waals surface area contributed by atoms with Gasteiger partial charge in [-0.25, -0.2) is 0 Å². The van der Waals surface area contributed by atoms with Gasteiger partial charge in [-0.05, 0) is 42.0 Å². The molecule has 0 saturated carbocycles. The Morgan fingerprint density at radius 1 is 0.952 bits per heavy atom. The van der Waals surface area contributed by atoms with Gasteiger partial charge in [0, 0.05) is 29.3 Å². The largest absolute Gasteiger partial charge is 0.493 e. The minimum atomic E-state index is 0.742. The zero-order valence-corrected chi connectivity index (χ0v) is 12.2. The smallest absolute Gasteiger partial charge is 0.161 e. The zero-order chi connectivity index (χ0) is 14.8. The Bertz CT molecular complexity index is 778. The minimum Gasteiger partial charge on any atom is -0.493 e. The number of hydrogen-bond donors (Lipinski definition) is 1. The summed E-state index contributed by atoms with van der Waals surface area (Å²) in [7, 11) is 3.29. The molecule has 0 aliphatic heterocycles. The average Bonchev–Trinajstić information content (AvgIpc) is 2.89. The second-order valence-electron chi connectivity index (χ2n) is 4.95. The molecule has 0 unspecified atom stereocenters. The van der Waals surface area contributed by atoms with E-state index < -0.39 is 0 Å². The van der Waals surface area contributed by atoms with Crippen molar-refractivity contribution in [3.05, 3.63) is 54.2 Å². The summed E-state index contributed by atoms with van der Waals surface area (Å²) < 4.78 is 12.8. The first-order valence-corrected chi connectivity index (χ1v) is 6.76. The first-order chi connectivity index (χ1) is 10.2. The number of rotatable bonds is 4. The first-order valence-electron chi connectivity index (χ1n) is 6.76. The van der Waals surface area contributed by atoms with Crippen molar-refractivity contribution in [2.24, 2.45) is 0 Å². The van der Waals surface area contributed by atoms with E-state index in [2.05, 4.69) is 16.8 Å². The molecule has 21 heavy (non-hydrogen) atoms. The number of benzene rings is 2. The van der Waals surface area contributed by atoms with Crippen molar-refractivity contribution in [1.82, 2.24) is 4.57 Å². The lowest BCUT2D eigenvalue weighted by molar-refractivity contribution is 0.354. The van der Waals surface area contributed by atoms with Crippen LogP contribution in [0.1, 0.15) is 5.56 Å². The number of aromatic nitrogens is 1. The molecule has 0 fully saturated rings. The molecule has 2 N–H and O–H groups in total. The van der Waals surface area contributed by atoms with Gasteiger partial charge in [-0.3, -0.25) is 0 Å². The highest BCUT2D eigenvalue weighted by Gasteiger charge is 2.06. The third-order valence-corrected chi connectivity index (χ3v) is 3.60. The quantitative estimate of drug-likeness (QED) is 0.747. The molecule has 0 amide bonds. The molecule has 0 aliphatic rings. The van der Waals surface area contributed by atoms with Crippen LogP contribution in [0.5, 0.6) is 11.5 Å². The maximum absolute atomic E-state index is 5.82. The third-order valence-electron chi connectivity index (χ3n) is 3.60. The number of methoxy groups -OCH3 is 2. The standard InChI is InChI=1S/C17H18N2O2/c1-20-16-6-3-12(9-17(16)21-2)11-19-8-7-13-10-14(18)4-5-15(13)19/h3-10H,11,18H2,1-2H3. The van der Waals surface area contributed by atoms with Crippen molar-refractivity contribution in [3.63, 3.8) is 0 Å². The second-order valence-corrected chi connectivity index (χ2v) is 4.95. The van der Waals surface area contributed by atoms with Crippen LogP contribution in [-0.2, 0) is 6.54 Å². The fourth-order valence-corrected chi connectivity index (χ4v) is 2.53. The number of nitrogens with two attached hydrogens (primary N) is 1. The van der Waals surface area contributed by atoms with Gasteiger partial charge in [0.15, 0.2) is 11.5 Å². The number of anilines is 1. The van der Waals surface area contributed by atoms with Crippen LogP contribution in [0, 0.1) is 0 Å². The summed E-state index contributed by atoms with van der Waals surface area (Å²) in [5.74, 6) is 1.49. The number of nitrogens with zero attached hydrogens (tertiary/aromatic N) is 1. The van der Waals surface area contributed by atoms with Crippen LogP contribution in [0.3, 0.4) is 0 Å². The van der Waals surface area contributed by atoms with Gasteiger partial charge in [0.05, 0.1) is 14.2 Å². The van der Waals surface area contributed by atoms with Crippen molar-refractivity contribution < 1.29 is 9.47 Å². The topological polar surface area (TPSA) is 49.4 Å². The summed E-state index contributed by atoms with van der Waals surface area (Å²) in [6, 6.07) is 14.0.